The van der Waals surface area contributed by atoms with Gasteiger partial charge in [0.2, 0.25) is 5.95 Å². The van der Waals surface area contributed by atoms with Gasteiger partial charge in [0.15, 0.2) is 11.6 Å². The van der Waals surface area contributed by atoms with Crippen molar-refractivity contribution in [2.24, 2.45) is 0 Å². The number of hydrogen-bond donors (Lipinski definition) is 0. The molecule has 0 saturated carbocycles. The maximum absolute atomic E-state index is 5.40. The van der Waals surface area contributed by atoms with Crippen molar-refractivity contribution in [2.75, 3.05) is 0 Å². The Bertz CT molecular complexity index is 3880. The second kappa shape index (κ2) is 16.1. The van der Waals surface area contributed by atoms with Crippen LogP contribution in [0.1, 0.15) is 0 Å². The van der Waals surface area contributed by atoms with Gasteiger partial charge in [-0.1, -0.05) is 181 Å². The van der Waals surface area contributed by atoms with Crippen molar-refractivity contribution in [2.45, 2.75) is 0 Å². The second-order valence-electron chi connectivity index (χ2n) is 17.8. The number of para-hydroxylation sites is 2. The standard InChI is InChI=1S/C57H42B5N5/c58-48-47(49(59)51(61)52(62)50(48)60)41-29-28-38(32-44(41)35-16-6-2-7-17-35)66-45-22-12-10-20-39(45)42-30-31-43-40-21-11-13-23-46(40)67(54(43)53(42)66)57-64-55(36-18-8-3-9-19-36)63-56(65-57)37-26-24-34(25-27-37)33-14-4-1-5-15-33/h1-32H,58-62H2. The summed E-state index contributed by atoms with van der Waals surface area (Å²) in [4.78, 5) is 15.9. The lowest BCUT2D eigenvalue weighted by atomic mass is 9.59. The van der Waals surface area contributed by atoms with Crippen LogP contribution in [0.25, 0.3) is 111 Å². The van der Waals surface area contributed by atoms with Gasteiger partial charge in [-0.25, -0.2) is 4.98 Å². The smallest absolute Gasteiger partial charge is 0.238 e. The zero-order chi connectivity index (χ0) is 45.3. The number of nitrogens with zero attached hydrogens (tertiary/aromatic N) is 5. The highest BCUT2D eigenvalue weighted by Crippen LogP contribution is 2.43. The Hall–Kier alpha value is -8.09. The second-order valence-corrected chi connectivity index (χ2v) is 17.8. The molecule has 0 amide bonds. The van der Waals surface area contributed by atoms with E-state index < -0.39 is 0 Å². The molecular weight excluding hydrogens is 809 g/mol. The molecule has 12 rings (SSSR count). The molecule has 3 aromatic heterocycles. The summed E-state index contributed by atoms with van der Waals surface area (Å²) >= 11 is 0. The van der Waals surface area contributed by atoms with Crippen molar-refractivity contribution in [3.63, 3.8) is 0 Å². The fraction of sp³-hybridized carbons (Fsp3) is 0. The monoisotopic (exact) mass is 851 g/mol. The molecule has 0 aliphatic heterocycles. The molecule has 10 heteroatoms. The van der Waals surface area contributed by atoms with Crippen LogP contribution in [0.4, 0.5) is 0 Å². The molecule has 12 aromatic rings. The summed E-state index contributed by atoms with van der Waals surface area (Å²) in [5, 5.41) is 4.59. The number of fused-ring (bicyclic) bond motifs is 7. The molecule has 0 fully saturated rings. The van der Waals surface area contributed by atoms with Crippen molar-refractivity contribution in [3.05, 3.63) is 194 Å². The van der Waals surface area contributed by atoms with Crippen LogP contribution in [-0.2, 0) is 0 Å². The highest BCUT2D eigenvalue weighted by Gasteiger charge is 2.25. The van der Waals surface area contributed by atoms with E-state index in [1.165, 1.54) is 55.0 Å². The molecule has 0 bridgehead atoms. The molecule has 9 aromatic carbocycles. The first-order valence-electron chi connectivity index (χ1n) is 23.0. The summed E-state index contributed by atoms with van der Waals surface area (Å²) in [5.41, 5.74) is 21.1. The fourth-order valence-electron chi connectivity index (χ4n) is 10.4. The van der Waals surface area contributed by atoms with E-state index in [1.807, 2.05) is 24.3 Å². The Morgan fingerprint density at radius 3 is 1.33 bits per heavy atom. The zero-order valence-electron chi connectivity index (χ0n) is 38.2. The summed E-state index contributed by atoms with van der Waals surface area (Å²) in [6.45, 7) is 0. The largest absolute Gasteiger partial charge is 0.307 e. The Morgan fingerprint density at radius 2 is 0.746 bits per heavy atom. The predicted octanol–water partition coefficient (Wildman–Crippen LogP) is 5.69. The minimum Gasteiger partial charge on any atom is -0.307 e. The summed E-state index contributed by atoms with van der Waals surface area (Å²) in [5.74, 6) is 1.78. The van der Waals surface area contributed by atoms with E-state index in [0.717, 1.165) is 66.2 Å². The van der Waals surface area contributed by atoms with Crippen LogP contribution in [0, 0.1) is 0 Å². The van der Waals surface area contributed by atoms with Crippen molar-refractivity contribution >= 4 is 110 Å². The first-order chi connectivity index (χ1) is 32.8. The predicted molar refractivity (Wildman–Crippen MR) is 297 cm³/mol. The van der Waals surface area contributed by atoms with E-state index in [-0.39, 0.29) is 0 Å². The molecule has 0 unspecified atom stereocenters. The van der Waals surface area contributed by atoms with Gasteiger partial charge in [0.1, 0.15) is 39.2 Å². The van der Waals surface area contributed by atoms with Gasteiger partial charge in [-0.15, -0.1) is 16.4 Å². The average Bonchev–Trinajstić information content (AvgIpc) is 3.91. The highest BCUT2D eigenvalue weighted by molar-refractivity contribution is 6.68. The van der Waals surface area contributed by atoms with Crippen LogP contribution in [0.5, 0.6) is 0 Å². The van der Waals surface area contributed by atoms with E-state index >= 15 is 0 Å². The normalized spacial score (nSPS) is 11.6. The molecule has 0 saturated heterocycles. The molecule has 0 radical (unpaired) electrons. The third kappa shape index (κ3) is 6.58. The van der Waals surface area contributed by atoms with Crippen molar-refractivity contribution in [1.29, 1.82) is 0 Å². The third-order valence-corrected chi connectivity index (χ3v) is 14.2. The van der Waals surface area contributed by atoms with Crippen LogP contribution >= 0.6 is 0 Å². The maximum Gasteiger partial charge on any atom is 0.238 e. The molecule has 0 atom stereocenters. The van der Waals surface area contributed by atoms with E-state index in [2.05, 4.69) is 218 Å². The Labute approximate surface area is 394 Å². The van der Waals surface area contributed by atoms with Crippen molar-refractivity contribution in [3.8, 4) is 67.8 Å². The Balaban J connectivity index is 1.16. The Kier molecular flexibility index (Phi) is 9.72. The number of rotatable bonds is 7. The summed E-state index contributed by atoms with van der Waals surface area (Å²) in [6, 6.07) is 69.2. The zero-order valence-corrected chi connectivity index (χ0v) is 38.2. The van der Waals surface area contributed by atoms with Crippen molar-refractivity contribution < 1.29 is 0 Å². The average molecular weight is 851 g/mol. The van der Waals surface area contributed by atoms with Gasteiger partial charge in [0.05, 0.1) is 22.1 Å². The molecule has 3 heterocycles. The van der Waals surface area contributed by atoms with Crippen LogP contribution < -0.4 is 27.3 Å². The van der Waals surface area contributed by atoms with E-state index in [1.54, 1.807) is 0 Å². The summed E-state index contributed by atoms with van der Waals surface area (Å²) in [7, 11) is 11.3. The lowest BCUT2D eigenvalue weighted by Gasteiger charge is -2.23. The molecule has 310 valence electrons. The van der Waals surface area contributed by atoms with Gasteiger partial charge in [0.25, 0.3) is 0 Å². The highest BCUT2D eigenvalue weighted by atomic mass is 15.2. The maximum atomic E-state index is 5.40. The first-order valence-corrected chi connectivity index (χ1v) is 23.0. The van der Waals surface area contributed by atoms with Gasteiger partial charge in [-0.2, -0.15) is 9.97 Å². The van der Waals surface area contributed by atoms with E-state index in [9.17, 15) is 0 Å². The third-order valence-electron chi connectivity index (χ3n) is 14.2. The Morgan fingerprint density at radius 1 is 0.313 bits per heavy atom. The summed E-state index contributed by atoms with van der Waals surface area (Å²) in [6.07, 6.45) is 0. The van der Waals surface area contributed by atoms with Crippen LogP contribution in [-0.4, -0.2) is 63.3 Å². The van der Waals surface area contributed by atoms with E-state index in [0.29, 0.717) is 17.6 Å². The van der Waals surface area contributed by atoms with Gasteiger partial charge < -0.3 is 4.57 Å². The van der Waals surface area contributed by atoms with E-state index in [4.69, 9.17) is 15.0 Å². The summed E-state index contributed by atoms with van der Waals surface area (Å²) < 4.78 is 4.74. The van der Waals surface area contributed by atoms with Crippen LogP contribution in [0.2, 0.25) is 0 Å². The minimum absolute atomic E-state index is 0.558. The van der Waals surface area contributed by atoms with Crippen LogP contribution in [0.3, 0.4) is 0 Å². The number of hydrogen-bond acceptors (Lipinski definition) is 3. The first kappa shape index (κ1) is 40.4. The molecule has 0 spiro atoms. The van der Waals surface area contributed by atoms with Gasteiger partial charge in [-0.3, -0.25) is 4.57 Å². The SMILES string of the molecule is Bc1c(B)c(B)c(-c2ccc(-n3c4ccccc4c4ccc5c6ccccc6n(-c6nc(-c7ccccc7)nc(-c7ccc(-c8ccccc8)cc7)n6)c5c43)cc2-c2ccccc2)c(B)c1B. The molecule has 0 N–H and O–H groups in total. The molecular formula is C57H42B5N5. The quantitative estimate of drug-likeness (QED) is 0.194. The topological polar surface area (TPSA) is 48.5 Å². The minimum atomic E-state index is 0.558. The van der Waals surface area contributed by atoms with Gasteiger partial charge in [-0.05, 0) is 57.6 Å². The molecule has 0 aliphatic rings. The van der Waals surface area contributed by atoms with Crippen molar-refractivity contribution in [1.82, 2.24) is 24.1 Å². The number of aromatic nitrogens is 5. The molecule has 5 nitrogen and oxygen atoms in total. The lowest BCUT2D eigenvalue weighted by molar-refractivity contribution is 0.953. The molecule has 67 heavy (non-hydrogen) atoms. The van der Waals surface area contributed by atoms with Gasteiger partial charge >= 0.3 is 0 Å². The molecule has 0 aliphatic carbocycles. The fourth-order valence-corrected chi connectivity index (χ4v) is 10.4. The van der Waals surface area contributed by atoms with Crippen LogP contribution in [0.15, 0.2) is 194 Å². The number of benzene rings is 9. The van der Waals surface area contributed by atoms with Gasteiger partial charge in [0, 0.05) is 38.4 Å². The lowest BCUT2D eigenvalue weighted by Crippen LogP contribution is -2.55.